The molecule has 0 aromatic heterocycles. The predicted molar refractivity (Wildman–Crippen MR) is 141 cm³/mol. The van der Waals surface area contributed by atoms with Crippen LogP contribution in [0.5, 0.6) is 34.5 Å². The third-order valence-corrected chi connectivity index (χ3v) is 7.26. The van der Waals surface area contributed by atoms with E-state index in [4.69, 9.17) is 33.2 Å². The molecule has 0 saturated carbocycles. The van der Waals surface area contributed by atoms with Crippen LogP contribution < -0.4 is 28.4 Å². The molecule has 40 heavy (non-hydrogen) atoms. The molecule has 214 valence electrons. The van der Waals surface area contributed by atoms with E-state index in [1.54, 1.807) is 24.3 Å². The fraction of sp³-hybridized carbons (Fsp3) is 0.429. The zero-order chi connectivity index (χ0) is 28.4. The highest BCUT2D eigenvalue weighted by Gasteiger charge is 2.48. The third kappa shape index (κ3) is 4.73. The van der Waals surface area contributed by atoms with Gasteiger partial charge in [0, 0.05) is 37.3 Å². The van der Waals surface area contributed by atoms with Gasteiger partial charge in [-0.25, -0.2) is 0 Å². The molecule has 0 aliphatic carbocycles. The number of amides is 1. The lowest BCUT2D eigenvalue weighted by Gasteiger charge is -2.31. The smallest absolute Gasteiger partial charge is 0.295 e. The third-order valence-electron chi connectivity index (χ3n) is 7.26. The first kappa shape index (κ1) is 27.4. The van der Waals surface area contributed by atoms with Crippen LogP contribution in [-0.4, -0.2) is 101 Å². The molecular weight excluding hydrogens is 524 g/mol. The van der Waals surface area contributed by atoms with Gasteiger partial charge in [-0.05, 0) is 24.3 Å². The summed E-state index contributed by atoms with van der Waals surface area (Å²) in [4.78, 5) is 30.7. The van der Waals surface area contributed by atoms with E-state index in [9.17, 15) is 14.7 Å². The Bertz CT molecular complexity index is 1330. The maximum Gasteiger partial charge on any atom is 0.295 e. The second-order valence-corrected chi connectivity index (χ2v) is 9.28. The first-order chi connectivity index (χ1) is 19.4. The van der Waals surface area contributed by atoms with E-state index < -0.39 is 17.7 Å². The summed E-state index contributed by atoms with van der Waals surface area (Å²) >= 11 is 0. The number of rotatable bonds is 9. The number of hydrogen-bond acceptors (Lipinski definition) is 11. The minimum Gasteiger partial charge on any atom is -0.507 e. The number of aliphatic hydroxyl groups excluding tert-OH is 1. The van der Waals surface area contributed by atoms with Gasteiger partial charge in [-0.1, -0.05) is 0 Å². The van der Waals surface area contributed by atoms with Gasteiger partial charge in [0.2, 0.25) is 18.3 Å². The number of benzene rings is 2. The Kier molecular flexibility index (Phi) is 7.90. The lowest BCUT2D eigenvalue weighted by Crippen LogP contribution is -2.42. The Labute approximate surface area is 231 Å². The number of ether oxygens (including phenoxy) is 7. The number of carbonyl (C=O) groups is 2. The standard InChI is InChI=1S/C28H32N2O10/c1-34-18-6-5-16(13-19(18)35-2)23(31)21-22(17-14-20-26(40-15-39-20)27(37-4)25(17)36-3)30(28(33)24(21)32)8-7-29-9-11-38-12-10-29/h5-6,13-14,22,31H,7-12,15H2,1-4H3/t22-/m0/s1. The van der Waals surface area contributed by atoms with Crippen molar-refractivity contribution in [1.29, 1.82) is 0 Å². The quantitative estimate of drug-likeness (QED) is 0.278. The van der Waals surface area contributed by atoms with Crippen molar-refractivity contribution in [1.82, 2.24) is 9.80 Å². The largest absolute Gasteiger partial charge is 0.507 e. The normalized spacial score (nSPS) is 20.1. The molecule has 0 radical (unpaired) electrons. The second kappa shape index (κ2) is 11.5. The SMILES string of the molecule is COc1ccc(C(O)=C2C(=O)C(=O)N(CCN3CCOCC3)[C@H]2c2cc3c(c(OC)c2OC)OCO3)cc1OC. The molecule has 1 N–H and O–H groups in total. The van der Waals surface area contributed by atoms with Gasteiger partial charge in [0.25, 0.3) is 11.7 Å². The van der Waals surface area contributed by atoms with Crippen LogP contribution in [0.1, 0.15) is 17.2 Å². The van der Waals surface area contributed by atoms with Gasteiger partial charge in [0.15, 0.2) is 23.0 Å². The number of methoxy groups -OCH3 is 4. The van der Waals surface area contributed by atoms with Gasteiger partial charge in [0.05, 0.1) is 53.3 Å². The Morgan fingerprint density at radius 2 is 1.65 bits per heavy atom. The van der Waals surface area contributed by atoms with Crippen molar-refractivity contribution in [3.8, 4) is 34.5 Å². The summed E-state index contributed by atoms with van der Waals surface area (Å²) in [5.74, 6) is 0.126. The second-order valence-electron chi connectivity index (χ2n) is 9.28. The number of likely N-dealkylation sites (tertiary alicyclic amines) is 1. The zero-order valence-corrected chi connectivity index (χ0v) is 22.9. The molecule has 3 aliphatic rings. The molecule has 3 heterocycles. The summed E-state index contributed by atoms with van der Waals surface area (Å²) in [7, 11) is 5.88. The van der Waals surface area contributed by atoms with E-state index in [1.165, 1.54) is 33.3 Å². The fourth-order valence-corrected chi connectivity index (χ4v) is 5.26. The van der Waals surface area contributed by atoms with Crippen LogP contribution in [0, 0.1) is 0 Å². The molecule has 2 aromatic carbocycles. The maximum absolute atomic E-state index is 13.6. The van der Waals surface area contributed by atoms with Crippen LogP contribution in [0.15, 0.2) is 29.8 Å². The number of carbonyl (C=O) groups excluding carboxylic acids is 2. The Morgan fingerprint density at radius 1 is 0.925 bits per heavy atom. The number of fused-ring (bicyclic) bond motifs is 1. The van der Waals surface area contributed by atoms with Crippen molar-refractivity contribution < 1.29 is 47.9 Å². The van der Waals surface area contributed by atoms with Crippen molar-refractivity contribution in [2.45, 2.75) is 6.04 Å². The van der Waals surface area contributed by atoms with Crippen molar-refractivity contribution >= 4 is 17.4 Å². The van der Waals surface area contributed by atoms with Gasteiger partial charge in [-0.2, -0.15) is 0 Å². The lowest BCUT2D eigenvalue weighted by atomic mass is 9.93. The number of nitrogens with zero attached hydrogens (tertiary/aromatic N) is 2. The summed E-state index contributed by atoms with van der Waals surface area (Å²) in [5.41, 5.74) is 0.589. The molecule has 2 aromatic rings. The maximum atomic E-state index is 13.6. The topological polar surface area (TPSA) is 125 Å². The van der Waals surface area contributed by atoms with Crippen LogP contribution in [0.3, 0.4) is 0 Å². The van der Waals surface area contributed by atoms with Crippen LogP contribution in [0.4, 0.5) is 0 Å². The molecule has 0 unspecified atom stereocenters. The molecule has 12 heteroatoms. The monoisotopic (exact) mass is 556 g/mol. The number of ketones is 1. The van der Waals surface area contributed by atoms with E-state index in [0.29, 0.717) is 61.4 Å². The average molecular weight is 557 g/mol. The molecular formula is C28H32N2O10. The minimum atomic E-state index is -1.01. The number of Topliss-reactive ketones (excluding diaryl/α,β-unsaturated/α-hetero) is 1. The molecule has 1 amide bonds. The first-order valence-electron chi connectivity index (χ1n) is 12.8. The van der Waals surface area contributed by atoms with Gasteiger partial charge >= 0.3 is 0 Å². The van der Waals surface area contributed by atoms with Crippen LogP contribution in [0.25, 0.3) is 5.76 Å². The van der Waals surface area contributed by atoms with Gasteiger partial charge in [-0.15, -0.1) is 0 Å². The highest BCUT2D eigenvalue weighted by Crippen LogP contribution is 2.54. The molecule has 12 nitrogen and oxygen atoms in total. The van der Waals surface area contributed by atoms with E-state index in [0.717, 1.165) is 0 Å². The number of morpholine rings is 1. The summed E-state index contributed by atoms with van der Waals surface area (Å²) in [5, 5.41) is 11.6. The number of aliphatic hydroxyl groups is 1. The summed E-state index contributed by atoms with van der Waals surface area (Å²) < 4.78 is 38.7. The van der Waals surface area contributed by atoms with Crippen LogP contribution >= 0.6 is 0 Å². The number of hydrogen-bond donors (Lipinski definition) is 1. The molecule has 0 spiro atoms. The molecule has 0 bridgehead atoms. The molecule has 3 aliphatic heterocycles. The highest BCUT2D eigenvalue weighted by molar-refractivity contribution is 6.46. The lowest BCUT2D eigenvalue weighted by molar-refractivity contribution is -0.140. The van der Waals surface area contributed by atoms with Crippen molar-refractivity contribution in [2.75, 3.05) is 74.6 Å². The average Bonchev–Trinajstić information content (AvgIpc) is 3.56. The van der Waals surface area contributed by atoms with E-state index in [1.807, 2.05) is 0 Å². The highest BCUT2D eigenvalue weighted by atomic mass is 16.7. The van der Waals surface area contributed by atoms with Crippen LogP contribution in [-0.2, 0) is 14.3 Å². The zero-order valence-electron chi connectivity index (χ0n) is 22.9. The van der Waals surface area contributed by atoms with Gasteiger partial charge in [0.1, 0.15) is 5.76 Å². The summed E-state index contributed by atoms with van der Waals surface area (Å²) in [6, 6.07) is 5.40. The Balaban J connectivity index is 1.67. The summed E-state index contributed by atoms with van der Waals surface area (Å²) in [6.45, 7) is 3.30. The van der Waals surface area contributed by atoms with Gasteiger partial charge < -0.3 is 43.2 Å². The minimum absolute atomic E-state index is 0.0266. The van der Waals surface area contributed by atoms with Gasteiger partial charge in [-0.3, -0.25) is 14.5 Å². The van der Waals surface area contributed by atoms with Crippen molar-refractivity contribution in [3.05, 3.63) is 41.0 Å². The fourth-order valence-electron chi connectivity index (χ4n) is 5.26. The van der Waals surface area contributed by atoms with Crippen LogP contribution in [0.2, 0.25) is 0 Å². The molecule has 2 fully saturated rings. The molecule has 5 rings (SSSR count). The van der Waals surface area contributed by atoms with E-state index in [-0.39, 0.29) is 41.7 Å². The molecule has 2 saturated heterocycles. The summed E-state index contributed by atoms with van der Waals surface area (Å²) in [6.07, 6.45) is 0. The van der Waals surface area contributed by atoms with Crippen molar-refractivity contribution in [3.63, 3.8) is 0 Å². The predicted octanol–water partition coefficient (Wildman–Crippen LogP) is 2.20. The Hall–Kier alpha value is -4.16. The Morgan fingerprint density at radius 3 is 2.33 bits per heavy atom. The molecule has 1 atom stereocenters. The van der Waals surface area contributed by atoms with Crippen molar-refractivity contribution in [2.24, 2.45) is 0 Å². The van der Waals surface area contributed by atoms with E-state index >= 15 is 0 Å². The first-order valence-corrected chi connectivity index (χ1v) is 12.8. The van der Waals surface area contributed by atoms with E-state index in [2.05, 4.69) is 4.90 Å².